The zero-order valence-corrected chi connectivity index (χ0v) is 13.1. The third kappa shape index (κ3) is 5.39. The Morgan fingerprint density at radius 3 is 2.55 bits per heavy atom. The van der Waals surface area contributed by atoms with Gasteiger partial charge in [0.1, 0.15) is 5.75 Å². The van der Waals surface area contributed by atoms with Crippen LogP contribution in [-0.2, 0) is 11.3 Å². The number of carboxylic acid groups (broad SMARTS) is 1. The van der Waals surface area contributed by atoms with Gasteiger partial charge in [0.25, 0.3) is 0 Å². The molecule has 1 N–H and O–H groups in total. The quantitative estimate of drug-likeness (QED) is 0.839. The Balaban J connectivity index is 2.64. The first-order valence-electron chi connectivity index (χ1n) is 6.66. The molecule has 0 heterocycles. The fourth-order valence-corrected chi connectivity index (χ4v) is 2.16. The van der Waals surface area contributed by atoms with Crippen LogP contribution in [0, 0.1) is 5.92 Å². The van der Waals surface area contributed by atoms with Gasteiger partial charge in [-0.15, -0.1) is 0 Å². The number of aliphatic carboxylic acids is 1. The molecule has 0 aliphatic rings. The van der Waals surface area contributed by atoms with E-state index in [1.165, 1.54) is 0 Å². The predicted molar refractivity (Wildman–Crippen MR) is 80.3 cm³/mol. The lowest BCUT2D eigenvalue weighted by Crippen LogP contribution is -2.28. The van der Waals surface area contributed by atoms with Gasteiger partial charge in [0.15, 0.2) is 0 Å². The largest absolute Gasteiger partial charge is 0.489 e. The normalized spacial score (nSPS) is 12.8. The molecule has 0 fully saturated rings. The van der Waals surface area contributed by atoms with Crippen LogP contribution in [0.3, 0.4) is 0 Å². The molecule has 1 aromatic carbocycles. The number of carboxylic acids is 1. The van der Waals surface area contributed by atoms with E-state index < -0.39 is 5.97 Å². The molecule has 5 heteroatoms. The number of carbonyl (C=O) groups is 1. The zero-order chi connectivity index (χ0) is 15.3. The smallest absolute Gasteiger partial charge is 0.307 e. The molecule has 0 saturated heterocycles. The molecule has 1 aromatic rings. The second-order valence-corrected chi connectivity index (χ2v) is 5.77. The van der Waals surface area contributed by atoms with Crippen LogP contribution in [0.1, 0.15) is 26.3 Å². The van der Waals surface area contributed by atoms with Crippen molar-refractivity contribution in [2.24, 2.45) is 5.92 Å². The molecule has 1 unspecified atom stereocenters. The first-order valence-corrected chi connectivity index (χ1v) is 7.03. The van der Waals surface area contributed by atoms with Gasteiger partial charge in [0.2, 0.25) is 0 Å². The summed E-state index contributed by atoms with van der Waals surface area (Å²) in [5.41, 5.74) is 1.03. The van der Waals surface area contributed by atoms with Crippen LogP contribution >= 0.6 is 11.6 Å². The minimum absolute atomic E-state index is 0.0810. The highest BCUT2D eigenvalue weighted by molar-refractivity contribution is 6.32. The Kier molecular flexibility index (Phi) is 6.30. The zero-order valence-electron chi connectivity index (χ0n) is 12.4. The molecular weight excluding hydrogens is 278 g/mol. The first-order chi connectivity index (χ1) is 9.29. The van der Waals surface area contributed by atoms with E-state index in [0.29, 0.717) is 23.9 Å². The lowest BCUT2D eigenvalue weighted by molar-refractivity contribution is -0.141. The molecular formula is C15H22ClNO3. The van der Waals surface area contributed by atoms with E-state index in [0.717, 1.165) is 5.56 Å². The maximum Gasteiger partial charge on any atom is 0.307 e. The van der Waals surface area contributed by atoms with Crippen molar-refractivity contribution < 1.29 is 14.6 Å². The van der Waals surface area contributed by atoms with E-state index in [1.807, 2.05) is 44.0 Å². The van der Waals surface area contributed by atoms with Gasteiger partial charge in [-0.25, -0.2) is 0 Å². The van der Waals surface area contributed by atoms with E-state index >= 15 is 0 Å². The fraction of sp³-hybridized carbons (Fsp3) is 0.533. The van der Waals surface area contributed by atoms with Crippen LogP contribution in [0.5, 0.6) is 5.75 Å². The second kappa shape index (κ2) is 7.50. The highest BCUT2D eigenvalue weighted by Gasteiger charge is 2.14. The van der Waals surface area contributed by atoms with Crippen molar-refractivity contribution in [3.8, 4) is 5.75 Å². The predicted octanol–water partition coefficient (Wildman–Crippen LogP) is 3.28. The summed E-state index contributed by atoms with van der Waals surface area (Å²) in [5, 5.41) is 9.48. The molecule has 0 aromatic heterocycles. The topological polar surface area (TPSA) is 49.8 Å². The van der Waals surface area contributed by atoms with Gasteiger partial charge >= 0.3 is 5.97 Å². The standard InChI is InChI=1S/C15H22ClNO3/c1-10(2)20-14-6-5-12(7-13(14)16)9-17(4)8-11(3)15(18)19/h5-7,10-11H,8-9H2,1-4H3,(H,18,19). The van der Waals surface area contributed by atoms with Gasteiger partial charge in [-0.3, -0.25) is 4.79 Å². The molecule has 0 radical (unpaired) electrons. The van der Waals surface area contributed by atoms with Crippen molar-refractivity contribution in [3.63, 3.8) is 0 Å². The Bertz CT molecular complexity index is 462. The average molecular weight is 300 g/mol. The van der Waals surface area contributed by atoms with Gasteiger partial charge in [0.05, 0.1) is 17.0 Å². The highest BCUT2D eigenvalue weighted by Crippen LogP contribution is 2.26. The molecule has 112 valence electrons. The summed E-state index contributed by atoms with van der Waals surface area (Å²) >= 11 is 6.18. The van der Waals surface area contributed by atoms with E-state index in [-0.39, 0.29) is 12.0 Å². The number of benzene rings is 1. The van der Waals surface area contributed by atoms with Crippen molar-refractivity contribution in [2.75, 3.05) is 13.6 Å². The van der Waals surface area contributed by atoms with Crippen LogP contribution in [-0.4, -0.2) is 35.7 Å². The van der Waals surface area contributed by atoms with Crippen molar-refractivity contribution in [1.82, 2.24) is 4.90 Å². The van der Waals surface area contributed by atoms with Crippen LogP contribution in [0.4, 0.5) is 0 Å². The molecule has 0 spiro atoms. The van der Waals surface area contributed by atoms with Crippen molar-refractivity contribution in [1.29, 1.82) is 0 Å². The van der Waals surface area contributed by atoms with Crippen molar-refractivity contribution in [2.45, 2.75) is 33.4 Å². The average Bonchev–Trinajstić information content (AvgIpc) is 2.31. The summed E-state index contributed by atoms with van der Waals surface area (Å²) < 4.78 is 5.58. The first kappa shape index (κ1) is 16.8. The number of hydrogen-bond acceptors (Lipinski definition) is 3. The summed E-state index contributed by atoms with van der Waals surface area (Å²) in [5.74, 6) is -0.499. The Morgan fingerprint density at radius 2 is 2.05 bits per heavy atom. The second-order valence-electron chi connectivity index (χ2n) is 5.37. The van der Waals surface area contributed by atoms with Crippen LogP contribution in [0.25, 0.3) is 0 Å². The Labute approximate surface area is 125 Å². The summed E-state index contributed by atoms with van der Waals surface area (Å²) in [7, 11) is 1.89. The van der Waals surface area contributed by atoms with Crippen LogP contribution < -0.4 is 4.74 Å². The Morgan fingerprint density at radius 1 is 1.40 bits per heavy atom. The number of ether oxygens (including phenoxy) is 1. The molecule has 0 bridgehead atoms. The van der Waals surface area contributed by atoms with Gasteiger partial charge in [-0.1, -0.05) is 24.6 Å². The summed E-state index contributed by atoms with van der Waals surface area (Å²) in [6, 6.07) is 5.67. The van der Waals surface area contributed by atoms with Gasteiger partial charge < -0.3 is 14.7 Å². The van der Waals surface area contributed by atoms with E-state index in [9.17, 15) is 4.79 Å². The maximum absolute atomic E-state index is 10.8. The molecule has 0 saturated carbocycles. The molecule has 4 nitrogen and oxygen atoms in total. The SMILES string of the molecule is CC(C)Oc1ccc(CN(C)CC(C)C(=O)O)cc1Cl. The lowest BCUT2D eigenvalue weighted by Gasteiger charge is -2.19. The number of rotatable bonds is 7. The number of halogens is 1. The molecule has 0 amide bonds. The molecule has 20 heavy (non-hydrogen) atoms. The minimum atomic E-state index is -0.782. The van der Waals surface area contributed by atoms with Crippen LogP contribution in [0.15, 0.2) is 18.2 Å². The van der Waals surface area contributed by atoms with Gasteiger partial charge in [0, 0.05) is 13.1 Å². The molecule has 0 aliphatic carbocycles. The van der Waals surface area contributed by atoms with Gasteiger partial charge in [-0.2, -0.15) is 0 Å². The van der Waals surface area contributed by atoms with Crippen LogP contribution in [0.2, 0.25) is 5.02 Å². The monoisotopic (exact) mass is 299 g/mol. The molecule has 1 atom stereocenters. The summed E-state index contributed by atoms with van der Waals surface area (Å²) in [6.07, 6.45) is 0.0810. The highest BCUT2D eigenvalue weighted by atomic mass is 35.5. The van der Waals surface area contributed by atoms with Gasteiger partial charge in [-0.05, 0) is 38.6 Å². The fourth-order valence-electron chi connectivity index (χ4n) is 1.91. The lowest BCUT2D eigenvalue weighted by atomic mass is 10.1. The maximum atomic E-state index is 10.8. The van der Waals surface area contributed by atoms with E-state index in [2.05, 4.69) is 0 Å². The summed E-state index contributed by atoms with van der Waals surface area (Å²) in [4.78, 5) is 12.8. The minimum Gasteiger partial charge on any atom is -0.489 e. The summed E-state index contributed by atoms with van der Waals surface area (Å²) in [6.45, 7) is 6.75. The third-order valence-electron chi connectivity index (χ3n) is 2.82. The molecule has 1 rings (SSSR count). The Hall–Kier alpha value is -1.26. The third-order valence-corrected chi connectivity index (χ3v) is 3.11. The molecule has 0 aliphatic heterocycles. The van der Waals surface area contributed by atoms with Crippen molar-refractivity contribution in [3.05, 3.63) is 28.8 Å². The van der Waals surface area contributed by atoms with Crippen molar-refractivity contribution >= 4 is 17.6 Å². The van der Waals surface area contributed by atoms with E-state index in [4.69, 9.17) is 21.4 Å². The van der Waals surface area contributed by atoms with E-state index in [1.54, 1.807) is 6.92 Å². The number of nitrogens with zero attached hydrogens (tertiary/aromatic N) is 1. The number of hydrogen-bond donors (Lipinski definition) is 1.